The summed E-state index contributed by atoms with van der Waals surface area (Å²) < 4.78 is 0. The average Bonchev–Trinajstić information content (AvgIpc) is 3.44. The van der Waals surface area contributed by atoms with Crippen molar-refractivity contribution in [1.82, 2.24) is 9.88 Å². The predicted molar refractivity (Wildman–Crippen MR) is 102 cm³/mol. The number of carbonyl (C=O) groups excluding carboxylic acids is 2. The summed E-state index contributed by atoms with van der Waals surface area (Å²) in [5.74, 6) is -0.522. The lowest BCUT2D eigenvalue weighted by atomic mass is 9.91. The number of hydrogen-bond acceptors (Lipinski definition) is 4. The summed E-state index contributed by atoms with van der Waals surface area (Å²) >= 11 is 0. The SMILES string of the molecule is Cc1cc(C)c2c(C(=O)N3CCCC(O)(C(N)=O)C3)cc(C3CC3)nc2c1. The number of primary amides is 1. The fourth-order valence-electron chi connectivity index (χ4n) is 4.11. The number of piperidine rings is 1. The van der Waals surface area contributed by atoms with Gasteiger partial charge in [0, 0.05) is 23.5 Å². The molecule has 4 rings (SSSR count). The summed E-state index contributed by atoms with van der Waals surface area (Å²) in [6.07, 6.45) is 3.03. The zero-order valence-corrected chi connectivity index (χ0v) is 15.8. The minimum absolute atomic E-state index is 0.0609. The molecule has 1 aromatic heterocycles. The number of pyridine rings is 1. The first-order valence-electron chi connectivity index (χ1n) is 9.52. The van der Waals surface area contributed by atoms with E-state index in [1.165, 1.54) is 0 Å². The van der Waals surface area contributed by atoms with E-state index in [2.05, 4.69) is 0 Å². The Balaban J connectivity index is 1.80. The molecule has 6 heteroatoms. The van der Waals surface area contributed by atoms with Gasteiger partial charge in [0.25, 0.3) is 11.8 Å². The van der Waals surface area contributed by atoms with Gasteiger partial charge in [0.2, 0.25) is 0 Å². The number of benzene rings is 1. The molecule has 27 heavy (non-hydrogen) atoms. The van der Waals surface area contributed by atoms with Crippen molar-refractivity contribution in [3.05, 3.63) is 40.6 Å². The molecule has 0 bridgehead atoms. The Labute approximate surface area is 158 Å². The van der Waals surface area contributed by atoms with E-state index >= 15 is 0 Å². The number of aromatic nitrogens is 1. The van der Waals surface area contributed by atoms with Gasteiger partial charge in [-0.3, -0.25) is 14.6 Å². The van der Waals surface area contributed by atoms with Gasteiger partial charge in [-0.15, -0.1) is 0 Å². The number of likely N-dealkylation sites (tertiary alicyclic amines) is 1. The Hall–Kier alpha value is -2.47. The molecule has 1 atom stereocenters. The van der Waals surface area contributed by atoms with E-state index in [1.54, 1.807) is 4.90 Å². The smallest absolute Gasteiger partial charge is 0.254 e. The molecule has 2 aliphatic rings. The Morgan fingerprint density at radius 1 is 1.26 bits per heavy atom. The Bertz CT molecular complexity index is 951. The van der Waals surface area contributed by atoms with E-state index in [0.29, 0.717) is 24.4 Å². The standard InChI is InChI=1S/C21H25N3O3/c1-12-8-13(2)18-15(10-16(14-4-5-14)23-17(18)9-12)19(25)24-7-3-6-21(27,11-24)20(22)26/h8-10,14,27H,3-7,11H2,1-2H3,(H2,22,26). The molecular weight excluding hydrogens is 342 g/mol. The minimum atomic E-state index is -1.65. The number of rotatable bonds is 3. The number of amides is 2. The number of aryl methyl sites for hydroxylation is 2. The van der Waals surface area contributed by atoms with Gasteiger partial charge in [-0.25, -0.2) is 0 Å². The number of aliphatic hydroxyl groups is 1. The summed E-state index contributed by atoms with van der Waals surface area (Å²) in [5, 5.41) is 11.3. The van der Waals surface area contributed by atoms with Crippen LogP contribution in [-0.2, 0) is 4.79 Å². The zero-order valence-electron chi connectivity index (χ0n) is 15.8. The molecule has 1 saturated carbocycles. The number of fused-ring (bicyclic) bond motifs is 1. The number of carbonyl (C=O) groups is 2. The molecule has 6 nitrogen and oxygen atoms in total. The third kappa shape index (κ3) is 3.18. The van der Waals surface area contributed by atoms with Crippen LogP contribution in [0.2, 0.25) is 0 Å². The molecule has 0 spiro atoms. The Morgan fingerprint density at radius 2 is 2.00 bits per heavy atom. The average molecular weight is 367 g/mol. The molecular formula is C21H25N3O3. The van der Waals surface area contributed by atoms with Crippen molar-refractivity contribution in [3.63, 3.8) is 0 Å². The Kier molecular flexibility index (Phi) is 4.18. The predicted octanol–water partition coefficient (Wildman–Crippen LogP) is 2.18. The zero-order chi connectivity index (χ0) is 19.3. The largest absolute Gasteiger partial charge is 0.378 e. The van der Waals surface area contributed by atoms with E-state index in [1.807, 2.05) is 32.0 Å². The fraction of sp³-hybridized carbons (Fsp3) is 0.476. The maximum atomic E-state index is 13.4. The lowest BCUT2D eigenvalue weighted by Gasteiger charge is -2.37. The summed E-state index contributed by atoms with van der Waals surface area (Å²) in [5.41, 5.74) is 8.23. The first kappa shape index (κ1) is 17.9. The molecule has 1 unspecified atom stereocenters. The second-order valence-corrected chi connectivity index (χ2v) is 8.07. The molecule has 2 fully saturated rings. The van der Waals surface area contributed by atoms with Crippen LogP contribution in [0.5, 0.6) is 0 Å². The second-order valence-electron chi connectivity index (χ2n) is 8.07. The van der Waals surface area contributed by atoms with E-state index in [0.717, 1.165) is 40.6 Å². The van der Waals surface area contributed by atoms with Crippen molar-refractivity contribution < 1.29 is 14.7 Å². The number of nitrogens with two attached hydrogens (primary N) is 1. The monoisotopic (exact) mass is 367 g/mol. The molecule has 2 amide bonds. The van der Waals surface area contributed by atoms with Crippen LogP contribution in [0.3, 0.4) is 0 Å². The molecule has 0 radical (unpaired) electrons. The molecule has 2 aromatic rings. The molecule has 1 aliphatic heterocycles. The van der Waals surface area contributed by atoms with Gasteiger partial charge in [-0.2, -0.15) is 0 Å². The molecule has 2 heterocycles. The lowest BCUT2D eigenvalue weighted by molar-refractivity contribution is -0.140. The normalized spacial score (nSPS) is 22.9. The summed E-state index contributed by atoms with van der Waals surface area (Å²) in [6.45, 7) is 4.45. The van der Waals surface area contributed by atoms with Crippen LogP contribution in [0, 0.1) is 13.8 Å². The quantitative estimate of drug-likeness (QED) is 0.869. The van der Waals surface area contributed by atoms with E-state index in [4.69, 9.17) is 10.7 Å². The summed E-state index contributed by atoms with van der Waals surface area (Å²) in [4.78, 5) is 31.4. The topological polar surface area (TPSA) is 96.5 Å². The van der Waals surface area contributed by atoms with Gasteiger partial charge in [-0.05, 0) is 62.8 Å². The highest BCUT2D eigenvalue weighted by Gasteiger charge is 2.41. The van der Waals surface area contributed by atoms with Crippen molar-refractivity contribution in [2.45, 2.75) is 51.0 Å². The van der Waals surface area contributed by atoms with Gasteiger partial charge in [-0.1, -0.05) is 6.07 Å². The van der Waals surface area contributed by atoms with Gasteiger partial charge >= 0.3 is 0 Å². The maximum absolute atomic E-state index is 13.4. The van der Waals surface area contributed by atoms with Crippen molar-refractivity contribution in [3.8, 4) is 0 Å². The van der Waals surface area contributed by atoms with Crippen LogP contribution in [0.1, 0.15) is 58.8 Å². The van der Waals surface area contributed by atoms with E-state index < -0.39 is 11.5 Å². The van der Waals surface area contributed by atoms with Crippen LogP contribution >= 0.6 is 0 Å². The van der Waals surface area contributed by atoms with Crippen molar-refractivity contribution in [2.24, 2.45) is 5.73 Å². The first-order valence-corrected chi connectivity index (χ1v) is 9.52. The molecule has 1 saturated heterocycles. The summed E-state index contributed by atoms with van der Waals surface area (Å²) in [7, 11) is 0. The van der Waals surface area contributed by atoms with Crippen LogP contribution in [0.25, 0.3) is 10.9 Å². The van der Waals surface area contributed by atoms with Crippen LogP contribution in [-0.4, -0.2) is 45.5 Å². The second kappa shape index (κ2) is 6.30. The molecule has 3 N–H and O–H groups in total. The highest BCUT2D eigenvalue weighted by atomic mass is 16.3. The number of hydrogen-bond donors (Lipinski definition) is 2. The third-order valence-corrected chi connectivity index (χ3v) is 5.71. The van der Waals surface area contributed by atoms with Crippen molar-refractivity contribution >= 4 is 22.7 Å². The first-order chi connectivity index (χ1) is 12.8. The highest BCUT2D eigenvalue weighted by molar-refractivity contribution is 6.07. The lowest BCUT2D eigenvalue weighted by Crippen LogP contribution is -2.57. The van der Waals surface area contributed by atoms with Crippen LogP contribution in [0.4, 0.5) is 0 Å². The molecule has 1 aliphatic carbocycles. The van der Waals surface area contributed by atoms with E-state index in [-0.39, 0.29) is 18.9 Å². The molecule has 142 valence electrons. The van der Waals surface area contributed by atoms with Crippen molar-refractivity contribution in [2.75, 3.05) is 13.1 Å². The highest BCUT2D eigenvalue weighted by Crippen LogP contribution is 2.41. The fourth-order valence-corrected chi connectivity index (χ4v) is 4.11. The van der Waals surface area contributed by atoms with Gasteiger partial charge in [0.05, 0.1) is 17.6 Å². The summed E-state index contributed by atoms with van der Waals surface area (Å²) in [6, 6.07) is 5.97. The number of β-amino-alcohol motifs (C(OH)–C–C–N with tert-alkyl or cyclic N) is 1. The van der Waals surface area contributed by atoms with Gasteiger partial charge < -0.3 is 15.7 Å². The molecule has 1 aromatic carbocycles. The van der Waals surface area contributed by atoms with Gasteiger partial charge in [0.15, 0.2) is 5.60 Å². The maximum Gasteiger partial charge on any atom is 0.254 e. The minimum Gasteiger partial charge on any atom is -0.378 e. The third-order valence-electron chi connectivity index (χ3n) is 5.71. The van der Waals surface area contributed by atoms with Crippen molar-refractivity contribution in [1.29, 1.82) is 0 Å². The Morgan fingerprint density at radius 3 is 2.67 bits per heavy atom. The number of nitrogens with zero attached hydrogens (tertiary/aromatic N) is 2. The van der Waals surface area contributed by atoms with Gasteiger partial charge in [0.1, 0.15) is 0 Å². The van der Waals surface area contributed by atoms with Crippen LogP contribution < -0.4 is 5.73 Å². The van der Waals surface area contributed by atoms with E-state index in [9.17, 15) is 14.7 Å². The van der Waals surface area contributed by atoms with Crippen LogP contribution in [0.15, 0.2) is 18.2 Å².